The molecule has 7 nitrogen and oxygen atoms in total. The Kier molecular flexibility index (Phi) is 6.41. The number of hydrogen-bond acceptors (Lipinski definition) is 7. The van der Waals surface area contributed by atoms with E-state index in [0.29, 0.717) is 30.8 Å². The zero-order chi connectivity index (χ0) is 24.2. The maximum Gasteiger partial charge on any atom is 0.423 e. The van der Waals surface area contributed by atoms with Crippen molar-refractivity contribution in [3.8, 4) is 0 Å². The first-order valence-electron chi connectivity index (χ1n) is 10.4. The molecule has 13 heteroatoms. The molecule has 1 fully saturated rings. The quantitative estimate of drug-likeness (QED) is 0.642. The van der Waals surface area contributed by atoms with Gasteiger partial charge >= 0.3 is 6.18 Å². The standard InChI is InChI=1S/C20H25ClF3N3O4S2/c1-13-8-18(17-15(7-16(21)32-17)19(28,12-31-18)20(22,23)24)3-4-26(13)10-14-9-25-27(11-14)5-6-33(2,29)30/h7,9,11,13,28H,3-6,8,10,12H2,1-2H3/t13-,18+,19?/m0/s1. The van der Waals surface area contributed by atoms with Crippen molar-refractivity contribution in [2.75, 3.05) is 25.2 Å². The Morgan fingerprint density at radius 1 is 1.42 bits per heavy atom. The lowest BCUT2D eigenvalue weighted by Crippen LogP contribution is -2.56. The summed E-state index contributed by atoms with van der Waals surface area (Å²) in [5, 5.41) is 14.7. The number of likely N-dealkylation sites (tertiary alicyclic amines) is 1. The molecule has 0 saturated carbocycles. The average Bonchev–Trinajstić information content (AvgIpc) is 3.31. The number of aliphatic hydroxyl groups is 1. The molecule has 0 aromatic carbocycles. The average molecular weight is 528 g/mol. The SMILES string of the molecule is C[C@H]1C[C@@]2(CCN1Cc1cnn(CCS(C)(=O)=O)c1)OCC(O)(C(F)(F)F)c1cc(Cl)sc12. The van der Waals surface area contributed by atoms with Crippen molar-refractivity contribution in [3.05, 3.63) is 38.8 Å². The Morgan fingerprint density at radius 3 is 2.79 bits per heavy atom. The molecule has 0 aliphatic carbocycles. The van der Waals surface area contributed by atoms with Crippen molar-refractivity contribution in [3.63, 3.8) is 0 Å². The van der Waals surface area contributed by atoms with Crippen molar-refractivity contribution in [2.45, 2.75) is 56.3 Å². The van der Waals surface area contributed by atoms with Gasteiger partial charge in [-0.3, -0.25) is 9.58 Å². The predicted octanol–water partition coefficient (Wildman–Crippen LogP) is 3.30. The lowest BCUT2D eigenvalue weighted by molar-refractivity contribution is -0.304. The minimum absolute atomic E-state index is 0.00404. The van der Waals surface area contributed by atoms with Crippen LogP contribution in [0.3, 0.4) is 0 Å². The van der Waals surface area contributed by atoms with Gasteiger partial charge in [0, 0.05) is 47.6 Å². The number of aryl methyl sites for hydroxylation is 1. The zero-order valence-electron chi connectivity index (χ0n) is 18.1. The number of nitrogens with zero attached hydrogens (tertiary/aromatic N) is 3. The minimum atomic E-state index is -4.88. The lowest BCUT2D eigenvalue weighted by atomic mass is 9.78. The van der Waals surface area contributed by atoms with E-state index < -0.39 is 33.8 Å². The van der Waals surface area contributed by atoms with Crippen LogP contribution in [0.5, 0.6) is 0 Å². The second kappa shape index (κ2) is 8.49. The van der Waals surface area contributed by atoms with E-state index in [2.05, 4.69) is 10.00 Å². The van der Waals surface area contributed by atoms with Gasteiger partial charge in [0.05, 0.1) is 29.4 Å². The third-order valence-electron chi connectivity index (χ3n) is 6.40. The molecular weight excluding hydrogens is 503 g/mol. The number of fused-ring (bicyclic) bond motifs is 2. The number of piperidine rings is 1. The van der Waals surface area contributed by atoms with Crippen LogP contribution in [0.4, 0.5) is 13.2 Å². The highest BCUT2D eigenvalue weighted by atomic mass is 35.5. The van der Waals surface area contributed by atoms with E-state index in [4.69, 9.17) is 16.3 Å². The molecule has 2 aromatic heterocycles. The zero-order valence-corrected chi connectivity index (χ0v) is 20.5. The molecule has 1 saturated heterocycles. The van der Waals surface area contributed by atoms with Crippen molar-refractivity contribution < 1.29 is 31.4 Å². The normalized spacial score (nSPS) is 28.9. The molecule has 2 aromatic rings. The van der Waals surface area contributed by atoms with Crippen molar-refractivity contribution in [1.82, 2.24) is 14.7 Å². The van der Waals surface area contributed by atoms with Gasteiger partial charge < -0.3 is 9.84 Å². The van der Waals surface area contributed by atoms with Crippen molar-refractivity contribution >= 4 is 32.8 Å². The summed E-state index contributed by atoms with van der Waals surface area (Å²) in [7, 11) is -3.09. The number of sulfone groups is 1. The summed E-state index contributed by atoms with van der Waals surface area (Å²) in [5.41, 5.74) is -3.29. The molecule has 3 atom stereocenters. The largest absolute Gasteiger partial charge is 0.423 e. The third kappa shape index (κ3) is 4.83. The van der Waals surface area contributed by atoms with E-state index in [1.165, 1.54) is 12.3 Å². The van der Waals surface area contributed by atoms with Gasteiger partial charge in [0.1, 0.15) is 15.4 Å². The summed E-state index contributed by atoms with van der Waals surface area (Å²) in [6, 6.07) is 1.19. The molecule has 2 aliphatic heterocycles. The molecular formula is C20H25ClF3N3O4S2. The van der Waals surface area contributed by atoms with Crippen LogP contribution in [0.2, 0.25) is 4.34 Å². The van der Waals surface area contributed by atoms with Crippen LogP contribution >= 0.6 is 22.9 Å². The highest BCUT2D eigenvalue weighted by molar-refractivity contribution is 7.90. The lowest BCUT2D eigenvalue weighted by Gasteiger charge is -2.50. The molecule has 2 aliphatic rings. The van der Waals surface area contributed by atoms with E-state index in [0.717, 1.165) is 16.9 Å². The summed E-state index contributed by atoms with van der Waals surface area (Å²) >= 11 is 7.12. The van der Waals surface area contributed by atoms with Crippen molar-refractivity contribution in [2.24, 2.45) is 0 Å². The van der Waals surface area contributed by atoms with E-state index in [1.807, 2.05) is 6.92 Å². The molecule has 1 spiro atoms. The first-order valence-corrected chi connectivity index (χ1v) is 13.6. The van der Waals surface area contributed by atoms with Crippen LogP contribution in [-0.2, 0) is 38.9 Å². The number of halogens is 4. The van der Waals surface area contributed by atoms with E-state index >= 15 is 0 Å². The number of aromatic nitrogens is 2. The summed E-state index contributed by atoms with van der Waals surface area (Å²) < 4.78 is 71.3. The summed E-state index contributed by atoms with van der Waals surface area (Å²) in [6.07, 6.45) is 0.705. The van der Waals surface area contributed by atoms with E-state index in [1.54, 1.807) is 17.1 Å². The smallest absolute Gasteiger partial charge is 0.375 e. The number of thiophene rings is 1. The second-order valence-electron chi connectivity index (χ2n) is 8.95. The van der Waals surface area contributed by atoms with Crippen molar-refractivity contribution in [1.29, 1.82) is 0 Å². The predicted molar refractivity (Wildman–Crippen MR) is 118 cm³/mol. The van der Waals surface area contributed by atoms with Crippen LogP contribution in [0, 0.1) is 0 Å². The Balaban J connectivity index is 1.49. The van der Waals surface area contributed by atoms with Gasteiger partial charge in [-0.25, -0.2) is 8.42 Å². The molecule has 0 radical (unpaired) electrons. The fraction of sp³-hybridized carbons (Fsp3) is 0.650. The topological polar surface area (TPSA) is 84.7 Å². The van der Waals surface area contributed by atoms with Gasteiger partial charge in [0.25, 0.3) is 0 Å². The first kappa shape index (κ1) is 24.9. The Labute approximate surface area is 199 Å². The Hall–Kier alpha value is -1.18. The number of alkyl halides is 3. The van der Waals surface area contributed by atoms with Crippen LogP contribution < -0.4 is 0 Å². The minimum Gasteiger partial charge on any atom is -0.375 e. The van der Waals surface area contributed by atoms with Gasteiger partial charge in [-0.15, -0.1) is 11.3 Å². The second-order valence-corrected chi connectivity index (χ2v) is 12.9. The molecule has 1 N–H and O–H groups in total. The highest BCUT2D eigenvalue weighted by Crippen LogP contribution is 2.55. The Morgan fingerprint density at radius 2 is 2.15 bits per heavy atom. The monoisotopic (exact) mass is 527 g/mol. The molecule has 33 heavy (non-hydrogen) atoms. The van der Waals surface area contributed by atoms with Crippen LogP contribution in [0.1, 0.15) is 35.8 Å². The number of rotatable bonds is 5. The summed E-state index contributed by atoms with van der Waals surface area (Å²) in [6.45, 7) is 2.53. The highest BCUT2D eigenvalue weighted by Gasteiger charge is 2.62. The van der Waals surface area contributed by atoms with Crippen LogP contribution in [0.25, 0.3) is 0 Å². The summed E-state index contributed by atoms with van der Waals surface area (Å²) in [4.78, 5) is 2.53. The van der Waals surface area contributed by atoms with Gasteiger partial charge in [-0.05, 0) is 25.8 Å². The molecule has 184 valence electrons. The molecule has 1 unspecified atom stereocenters. The van der Waals surface area contributed by atoms with E-state index in [-0.39, 0.29) is 28.2 Å². The third-order valence-corrected chi connectivity index (χ3v) is 8.78. The van der Waals surface area contributed by atoms with Gasteiger partial charge in [-0.2, -0.15) is 18.3 Å². The molecule has 0 bridgehead atoms. The number of ether oxygens (including phenoxy) is 1. The fourth-order valence-corrected chi connectivity index (χ4v) is 6.56. The molecule has 4 heterocycles. The van der Waals surface area contributed by atoms with E-state index in [9.17, 15) is 26.7 Å². The summed E-state index contributed by atoms with van der Waals surface area (Å²) in [5.74, 6) is 0.00404. The molecule has 0 amide bonds. The number of hydrogen-bond donors (Lipinski definition) is 1. The van der Waals surface area contributed by atoms with Gasteiger partial charge in [-0.1, -0.05) is 11.6 Å². The fourth-order valence-electron chi connectivity index (χ4n) is 4.56. The van der Waals surface area contributed by atoms with Gasteiger partial charge in [0.15, 0.2) is 0 Å². The van der Waals surface area contributed by atoms with Crippen LogP contribution in [-0.4, -0.2) is 65.6 Å². The maximum atomic E-state index is 13.7. The Bertz CT molecular complexity index is 1140. The van der Waals surface area contributed by atoms with Crippen LogP contribution in [0.15, 0.2) is 18.5 Å². The maximum absolute atomic E-state index is 13.7. The first-order chi connectivity index (χ1) is 15.2. The molecule has 4 rings (SSSR count). The van der Waals surface area contributed by atoms with Gasteiger partial charge in [0.2, 0.25) is 5.60 Å².